The highest BCUT2D eigenvalue weighted by atomic mass is 16.5. The number of ether oxygens (including phenoxy) is 1. The number of imide groups is 1. The second kappa shape index (κ2) is 6.20. The highest BCUT2D eigenvalue weighted by Gasteiger charge is 2.38. The molecule has 0 atom stereocenters. The number of hydrogen-bond donors (Lipinski definition) is 1. The van der Waals surface area contributed by atoms with E-state index in [0.717, 1.165) is 4.90 Å². The van der Waals surface area contributed by atoms with Crippen molar-refractivity contribution >= 4 is 34.8 Å². The van der Waals surface area contributed by atoms with Crippen LogP contribution in [0, 0.1) is 0 Å². The third-order valence-corrected chi connectivity index (χ3v) is 3.83. The van der Waals surface area contributed by atoms with E-state index in [9.17, 15) is 19.5 Å². The number of fused-ring (bicyclic) bond motifs is 1. The van der Waals surface area contributed by atoms with Crippen molar-refractivity contribution in [1.29, 1.82) is 0 Å². The minimum atomic E-state index is -0.661. The molecule has 25 heavy (non-hydrogen) atoms. The van der Waals surface area contributed by atoms with Gasteiger partial charge in [-0.3, -0.25) is 14.6 Å². The number of esters is 1. The molecule has 0 spiro atoms. The van der Waals surface area contributed by atoms with Crippen LogP contribution in [0.5, 0.6) is 0 Å². The van der Waals surface area contributed by atoms with Crippen LogP contribution in [-0.4, -0.2) is 35.0 Å². The first-order valence-electron chi connectivity index (χ1n) is 7.37. The number of aliphatic hydroxyl groups excluding tert-OH is 1. The zero-order valence-electron chi connectivity index (χ0n) is 13.5. The first kappa shape index (κ1) is 16.4. The Morgan fingerprint density at radius 1 is 1.20 bits per heavy atom. The molecule has 0 radical (unpaired) electrons. The van der Waals surface area contributed by atoms with Crippen LogP contribution in [0.3, 0.4) is 0 Å². The van der Waals surface area contributed by atoms with Crippen LogP contribution in [0.4, 0.5) is 5.69 Å². The molecule has 1 aromatic heterocycles. The van der Waals surface area contributed by atoms with Crippen molar-refractivity contribution in [3.8, 4) is 0 Å². The van der Waals surface area contributed by atoms with Gasteiger partial charge in [0.15, 0.2) is 0 Å². The SMILES string of the molecule is COC(=O)c1ccc2c(c1)/C(=C(/O)c1cccnc1)C(=O)N2C(C)=O. The summed E-state index contributed by atoms with van der Waals surface area (Å²) in [5.41, 5.74) is 1.05. The highest BCUT2D eigenvalue weighted by molar-refractivity contribution is 6.42. The van der Waals surface area contributed by atoms with E-state index in [2.05, 4.69) is 9.72 Å². The number of benzene rings is 1. The van der Waals surface area contributed by atoms with Crippen LogP contribution in [0.25, 0.3) is 11.3 Å². The summed E-state index contributed by atoms with van der Waals surface area (Å²) in [5.74, 6) is -2.06. The van der Waals surface area contributed by atoms with Crippen molar-refractivity contribution in [2.75, 3.05) is 12.0 Å². The number of aromatic nitrogens is 1. The number of aliphatic hydroxyl groups is 1. The summed E-state index contributed by atoms with van der Waals surface area (Å²) in [6.07, 6.45) is 2.93. The van der Waals surface area contributed by atoms with Gasteiger partial charge < -0.3 is 9.84 Å². The number of rotatable bonds is 2. The van der Waals surface area contributed by atoms with Crippen molar-refractivity contribution in [1.82, 2.24) is 4.98 Å². The van der Waals surface area contributed by atoms with Gasteiger partial charge in [-0.1, -0.05) is 0 Å². The van der Waals surface area contributed by atoms with Crippen LogP contribution in [0.15, 0.2) is 42.7 Å². The molecule has 2 aromatic rings. The number of carbonyl (C=O) groups excluding carboxylic acids is 3. The van der Waals surface area contributed by atoms with Gasteiger partial charge in [-0.2, -0.15) is 0 Å². The van der Waals surface area contributed by atoms with E-state index >= 15 is 0 Å². The van der Waals surface area contributed by atoms with Gasteiger partial charge in [0.05, 0.1) is 23.9 Å². The lowest BCUT2D eigenvalue weighted by Gasteiger charge is -2.12. The maximum absolute atomic E-state index is 12.7. The Bertz CT molecular complexity index is 918. The molecule has 7 nitrogen and oxygen atoms in total. The number of amides is 2. The van der Waals surface area contributed by atoms with Gasteiger partial charge in [0.25, 0.3) is 5.91 Å². The molecule has 3 rings (SSSR count). The maximum atomic E-state index is 12.7. The van der Waals surface area contributed by atoms with E-state index in [4.69, 9.17) is 0 Å². The number of pyridine rings is 1. The smallest absolute Gasteiger partial charge is 0.337 e. The first-order chi connectivity index (χ1) is 12.0. The first-order valence-corrected chi connectivity index (χ1v) is 7.37. The normalized spacial score (nSPS) is 15.0. The van der Waals surface area contributed by atoms with Crippen LogP contribution in [-0.2, 0) is 14.3 Å². The van der Waals surface area contributed by atoms with Crippen molar-refractivity contribution in [2.24, 2.45) is 0 Å². The van der Waals surface area contributed by atoms with Crippen LogP contribution in [0.2, 0.25) is 0 Å². The Morgan fingerprint density at radius 2 is 1.96 bits per heavy atom. The Labute approximate surface area is 143 Å². The van der Waals surface area contributed by atoms with Gasteiger partial charge in [-0.05, 0) is 30.3 Å². The molecule has 7 heteroatoms. The molecular weight excluding hydrogens is 324 g/mol. The molecule has 1 aromatic carbocycles. The maximum Gasteiger partial charge on any atom is 0.337 e. The number of methoxy groups -OCH3 is 1. The topological polar surface area (TPSA) is 96.8 Å². The Hall–Kier alpha value is -3.48. The molecule has 0 fully saturated rings. The minimum absolute atomic E-state index is 0.0658. The molecule has 1 aliphatic rings. The van der Waals surface area contributed by atoms with E-state index in [1.54, 1.807) is 12.1 Å². The van der Waals surface area contributed by atoms with E-state index in [1.165, 1.54) is 44.6 Å². The summed E-state index contributed by atoms with van der Waals surface area (Å²) in [6.45, 7) is 1.25. The lowest BCUT2D eigenvalue weighted by atomic mass is 10.0. The monoisotopic (exact) mass is 338 g/mol. The molecule has 2 heterocycles. The number of hydrogen-bond acceptors (Lipinski definition) is 6. The zero-order chi connectivity index (χ0) is 18.1. The molecule has 126 valence electrons. The highest BCUT2D eigenvalue weighted by Crippen LogP contribution is 2.40. The fourth-order valence-corrected chi connectivity index (χ4v) is 2.70. The zero-order valence-corrected chi connectivity index (χ0v) is 13.5. The van der Waals surface area contributed by atoms with Crippen molar-refractivity contribution < 1.29 is 24.2 Å². The van der Waals surface area contributed by atoms with Gasteiger partial charge in [0.1, 0.15) is 5.76 Å². The molecule has 0 saturated heterocycles. The second-order valence-corrected chi connectivity index (χ2v) is 5.35. The number of carbonyl (C=O) groups is 3. The lowest BCUT2D eigenvalue weighted by Crippen LogP contribution is -2.31. The number of nitrogens with zero attached hydrogens (tertiary/aromatic N) is 2. The van der Waals surface area contributed by atoms with E-state index in [1.807, 2.05) is 0 Å². The lowest BCUT2D eigenvalue weighted by molar-refractivity contribution is -0.122. The molecule has 0 saturated carbocycles. The van der Waals surface area contributed by atoms with Gasteiger partial charge in [0.2, 0.25) is 5.91 Å². The second-order valence-electron chi connectivity index (χ2n) is 5.35. The van der Waals surface area contributed by atoms with Crippen LogP contribution < -0.4 is 4.90 Å². The third kappa shape index (κ3) is 2.65. The van der Waals surface area contributed by atoms with Gasteiger partial charge in [0, 0.05) is 30.4 Å². The molecular formula is C18H14N2O5. The fraction of sp³-hybridized carbons (Fsp3) is 0.111. The van der Waals surface area contributed by atoms with Crippen molar-refractivity contribution in [2.45, 2.75) is 6.92 Å². The van der Waals surface area contributed by atoms with Crippen molar-refractivity contribution in [3.05, 3.63) is 59.4 Å². The summed E-state index contributed by atoms with van der Waals surface area (Å²) < 4.78 is 4.68. The molecule has 2 amide bonds. The summed E-state index contributed by atoms with van der Waals surface area (Å²) in [6, 6.07) is 7.55. The quantitative estimate of drug-likeness (QED) is 0.512. The third-order valence-electron chi connectivity index (χ3n) is 3.83. The average molecular weight is 338 g/mol. The summed E-state index contributed by atoms with van der Waals surface area (Å²) >= 11 is 0. The van der Waals surface area contributed by atoms with E-state index < -0.39 is 17.8 Å². The minimum Gasteiger partial charge on any atom is -0.506 e. The fourth-order valence-electron chi connectivity index (χ4n) is 2.70. The van der Waals surface area contributed by atoms with Gasteiger partial charge >= 0.3 is 5.97 Å². The number of anilines is 1. The van der Waals surface area contributed by atoms with Gasteiger partial charge in [-0.25, -0.2) is 9.69 Å². The Kier molecular flexibility index (Phi) is 4.06. The predicted octanol–water partition coefficient (Wildman–Crippen LogP) is 2.19. The largest absolute Gasteiger partial charge is 0.506 e. The molecule has 0 aliphatic carbocycles. The van der Waals surface area contributed by atoms with Gasteiger partial charge in [-0.15, -0.1) is 0 Å². The molecule has 0 bridgehead atoms. The molecule has 0 unspecified atom stereocenters. The standard InChI is InChI=1S/C18H14N2O5/c1-10(21)20-14-6-5-11(18(24)25-2)8-13(14)15(17(20)23)16(22)12-4-3-7-19-9-12/h3-9,22H,1-2H3/b16-15-. The van der Waals surface area contributed by atoms with Crippen LogP contribution >= 0.6 is 0 Å². The molecule has 1 aliphatic heterocycles. The summed E-state index contributed by atoms with van der Waals surface area (Å²) in [4.78, 5) is 41.3. The van der Waals surface area contributed by atoms with E-state index in [-0.39, 0.29) is 22.5 Å². The Balaban J connectivity index is 2.27. The summed E-state index contributed by atoms with van der Waals surface area (Å²) in [5, 5.41) is 10.6. The summed E-state index contributed by atoms with van der Waals surface area (Å²) in [7, 11) is 1.24. The van der Waals surface area contributed by atoms with Crippen molar-refractivity contribution in [3.63, 3.8) is 0 Å². The molecule has 1 N–H and O–H groups in total. The predicted molar refractivity (Wildman–Crippen MR) is 89.6 cm³/mol. The average Bonchev–Trinajstić information content (AvgIpc) is 2.92. The van der Waals surface area contributed by atoms with E-state index in [0.29, 0.717) is 11.3 Å². The Morgan fingerprint density at radius 3 is 2.56 bits per heavy atom. The van der Waals surface area contributed by atoms with Crippen LogP contribution in [0.1, 0.15) is 28.4 Å².